The van der Waals surface area contributed by atoms with Gasteiger partial charge in [-0.3, -0.25) is 4.90 Å². The normalized spacial score (nSPS) is 15.0. The zero-order chi connectivity index (χ0) is 14.6. The molecular formula is C17H30N2. The van der Waals surface area contributed by atoms with Gasteiger partial charge in [0.15, 0.2) is 0 Å². The van der Waals surface area contributed by atoms with E-state index in [0.717, 1.165) is 5.92 Å². The quantitative estimate of drug-likeness (QED) is 0.847. The smallest absolute Gasteiger partial charge is 0.0472 e. The molecule has 2 nitrogen and oxygen atoms in total. The Kier molecular flexibility index (Phi) is 6.02. The average molecular weight is 262 g/mol. The number of rotatable bonds is 6. The molecule has 0 bridgehead atoms. The number of hydrogen-bond donors (Lipinski definition) is 1. The molecule has 1 rings (SSSR count). The predicted molar refractivity (Wildman–Crippen MR) is 84.4 cm³/mol. The van der Waals surface area contributed by atoms with Crippen molar-refractivity contribution < 1.29 is 0 Å². The van der Waals surface area contributed by atoms with Crippen molar-refractivity contribution in [2.75, 3.05) is 13.6 Å². The minimum Gasteiger partial charge on any atom is -0.329 e. The highest BCUT2D eigenvalue weighted by Crippen LogP contribution is 2.26. The summed E-state index contributed by atoms with van der Waals surface area (Å²) in [5.74, 6) is 0.717. The third kappa shape index (κ3) is 4.32. The van der Waals surface area contributed by atoms with E-state index in [2.05, 4.69) is 64.8 Å². The van der Waals surface area contributed by atoms with E-state index in [9.17, 15) is 0 Å². The number of aryl methyl sites for hydroxylation is 2. The minimum absolute atomic E-state index is 0.314. The third-order valence-electron chi connectivity index (χ3n) is 4.02. The molecule has 0 aliphatic rings. The first-order valence-electron chi connectivity index (χ1n) is 7.36. The van der Waals surface area contributed by atoms with Crippen molar-refractivity contribution >= 4 is 0 Å². The van der Waals surface area contributed by atoms with E-state index in [1.165, 1.54) is 23.1 Å². The van der Waals surface area contributed by atoms with E-state index in [1.807, 2.05) is 0 Å². The van der Waals surface area contributed by atoms with Crippen LogP contribution >= 0.6 is 0 Å². The van der Waals surface area contributed by atoms with Crippen molar-refractivity contribution in [1.29, 1.82) is 0 Å². The van der Waals surface area contributed by atoms with Crippen LogP contribution in [0.3, 0.4) is 0 Å². The van der Waals surface area contributed by atoms with Crippen LogP contribution in [-0.4, -0.2) is 24.5 Å². The lowest BCUT2D eigenvalue weighted by molar-refractivity contribution is 0.168. The minimum atomic E-state index is 0.314. The maximum absolute atomic E-state index is 6.05. The second-order valence-corrected chi connectivity index (χ2v) is 6.26. The van der Waals surface area contributed by atoms with Crippen molar-refractivity contribution in [1.82, 2.24) is 4.90 Å². The van der Waals surface area contributed by atoms with Gasteiger partial charge >= 0.3 is 0 Å². The molecule has 2 N–H and O–H groups in total. The van der Waals surface area contributed by atoms with Gasteiger partial charge in [-0.15, -0.1) is 0 Å². The predicted octanol–water partition coefficient (Wildman–Crippen LogP) is 3.67. The SMILES string of the molecule is Cc1ccc(C)c(C(CN)N(C)C(C)CC(C)C)c1. The number of benzene rings is 1. The molecule has 108 valence electrons. The highest BCUT2D eigenvalue weighted by molar-refractivity contribution is 5.33. The topological polar surface area (TPSA) is 29.3 Å². The van der Waals surface area contributed by atoms with E-state index in [1.54, 1.807) is 0 Å². The molecule has 0 radical (unpaired) electrons. The van der Waals surface area contributed by atoms with Crippen molar-refractivity contribution in [2.24, 2.45) is 11.7 Å². The Balaban J connectivity index is 2.96. The molecule has 0 amide bonds. The van der Waals surface area contributed by atoms with Crippen LogP contribution in [0, 0.1) is 19.8 Å². The van der Waals surface area contributed by atoms with Gasteiger partial charge in [-0.05, 0) is 51.3 Å². The summed E-state index contributed by atoms with van der Waals surface area (Å²) in [6, 6.07) is 7.52. The molecule has 0 aromatic heterocycles. The maximum atomic E-state index is 6.05. The van der Waals surface area contributed by atoms with E-state index in [-0.39, 0.29) is 0 Å². The summed E-state index contributed by atoms with van der Waals surface area (Å²) in [7, 11) is 2.20. The molecule has 1 aromatic carbocycles. The fraction of sp³-hybridized carbons (Fsp3) is 0.647. The zero-order valence-electron chi connectivity index (χ0n) is 13.4. The monoisotopic (exact) mass is 262 g/mol. The standard InChI is InChI=1S/C17H30N2/c1-12(2)9-15(5)19(6)17(11-18)16-10-13(3)7-8-14(16)4/h7-8,10,12,15,17H,9,11,18H2,1-6H3. The molecule has 0 saturated heterocycles. The fourth-order valence-corrected chi connectivity index (χ4v) is 2.79. The van der Waals surface area contributed by atoms with Crippen LogP contribution in [0.15, 0.2) is 18.2 Å². The first-order chi connectivity index (χ1) is 8.86. The lowest BCUT2D eigenvalue weighted by Gasteiger charge is -2.34. The Morgan fingerprint density at radius 3 is 2.32 bits per heavy atom. The number of nitrogens with zero attached hydrogens (tertiary/aromatic N) is 1. The zero-order valence-corrected chi connectivity index (χ0v) is 13.4. The number of nitrogens with two attached hydrogens (primary N) is 1. The molecule has 0 saturated carbocycles. The van der Waals surface area contributed by atoms with Crippen LogP contribution in [0.2, 0.25) is 0 Å². The summed E-state index contributed by atoms with van der Waals surface area (Å²) in [6.45, 7) is 11.9. The van der Waals surface area contributed by atoms with Gasteiger partial charge < -0.3 is 5.73 Å². The van der Waals surface area contributed by atoms with Crippen LogP contribution in [0.5, 0.6) is 0 Å². The lowest BCUT2D eigenvalue weighted by Crippen LogP contribution is -2.38. The second-order valence-electron chi connectivity index (χ2n) is 6.26. The third-order valence-corrected chi connectivity index (χ3v) is 4.02. The van der Waals surface area contributed by atoms with E-state index >= 15 is 0 Å². The highest BCUT2D eigenvalue weighted by atomic mass is 15.2. The van der Waals surface area contributed by atoms with Crippen LogP contribution in [-0.2, 0) is 0 Å². The molecule has 2 heteroatoms. The Morgan fingerprint density at radius 1 is 1.16 bits per heavy atom. The molecule has 0 spiro atoms. The van der Waals surface area contributed by atoms with Crippen LogP contribution in [0.25, 0.3) is 0 Å². The van der Waals surface area contributed by atoms with Gasteiger partial charge in [0, 0.05) is 18.6 Å². The summed E-state index contributed by atoms with van der Waals surface area (Å²) in [4.78, 5) is 2.43. The molecule has 0 heterocycles. The molecule has 19 heavy (non-hydrogen) atoms. The van der Waals surface area contributed by atoms with Gasteiger partial charge in [0.25, 0.3) is 0 Å². The molecule has 2 unspecified atom stereocenters. The molecule has 0 fully saturated rings. The second kappa shape index (κ2) is 7.06. The Bertz CT molecular complexity index is 398. The summed E-state index contributed by atoms with van der Waals surface area (Å²) in [5.41, 5.74) is 10.1. The van der Waals surface area contributed by atoms with Crippen molar-refractivity contribution in [3.63, 3.8) is 0 Å². The van der Waals surface area contributed by atoms with Gasteiger partial charge in [-0.2, -0.15) is 0 Å². The van der Waals surface area contributed by atoms with Gasteiger partial charge in [-0.1, -0.05) is 37.6 Å². The Labute approximate surface area is 119 Å². The lowest BCUT2D eigenvalue weighted by atomic mass is 9.95. The Morgan fingerprint density at radius 2 is 1.79 bits per heavy atom. The van der Waals surface area contributed by atoms with Crippen LogP contribution < -0.4 is 5.73 Å². The van der Waals surface area contributed by atoms with E-state index < -0.39 is 0 Å². The summed E-state index contributed by atoms with van der Waals surface area (Å²) in [5, 5.41) is 0. The average Bonchev–Trinajstić information content (AvgIpc) is 2.33. The summed E-state index contributed by atoms with van der Waals surface area (Å²) in [6.07, 6.45) is 1.21. The number of hydrogen-bond acceptors (Lipinski definition) is 2. The molecule has 0 aliphatic heterocycles. The molecule has 2 atom stereocenters. The summed E-state index contributed by atoms with van der Waals surface area (Å²) < 4.78 is 0. The Hall–Kier alpha value is -0.860. The van der Waals surface area contributed by atoms with Gasteiger partial charge in [0.1, 0.15) is 0 Å². The van der Waals surface area contributed by atoms with Crippen molar-refractivity contribution in [2.45, 2.75) is 53.1 Å². The summed E-state index contributed by atoms with van der Waals surface area (Å²) >= 11 is 0. The van der Waals surface area contributed by atoms with E-state index in [0.29, 0.717) is 18.6 Å². The van der Waals surface area contributed by atoms with E-state index in [4.69, 9.17) is 5.73 Å². The fourth-order valence-electron chi connectivity index (χ4n) is 2.79. The first kappa shape index (κ1) is 16.2. The van der Waals surface area contributed by atoms with Gasteiger partial charge in [0.05, 0.1) is 0 Å². The first-order valence-corrected chi connectivity index (χ1v) is 7.36. The molecular weight excluding hydrogens is 232 g/mol. The van der Waals surface area contributed by atoms with Crippen molar-refractivity contribution in [3.8, 4) is 0 Å². The van der Waals surface area contributed by atoms with Gasteiger partial charge in [0.2, 0.25) is 0 Å². The highest BCUT2D eigenvalue weighted by Gasteiger charge is 2.22. The molecule has 0 aliphatic carbocycles. The molecule has 1 aromatic rings. The van der Waals surface area contributed by atoms with Crippen molar-refractivity contribution in [3.05, 3.63) is 34.9 Å². The van der Waals surface area contributed by atoms with Crippen LogP contribution in [0.4, 0.5) is 0 Å². The van der Waals surface area contributed by atoms with Crippen LogP contribution in [0.1, 0.15) is 49.9 Å². The largest absolute Gasteiger partial charge is 0.329 e. The maximum Gasteiger partial charge on any atom is 0.0472 e. The van der Waals surface area contributed by atoms with Gasteiger partial charge in [-0.25, -0.2) is 0 Å². The number of likely N-dealkylation sites (N-methyl/N-ethyl adjacent to an activating group) is 1.